The SMILES string of the molecule is C=C(C(=O)Oc1cccc(C(=O)c2ccccc2)c1)C(O)c1nccs1. The van der Waals surface area contributed by atoms with Gasteiger partial charge in [-0.15, -0.1) is 11.3 Å². The molecule has 6 heteroatoms. The van der Waals surface area contributed by atoms with Crippen molar-refractivity contribution in [3.63, 3.8) is 0 Å². The molecule has 0 amide bonds. The first-order valence-electron chi connectivity index (χ1n) is 7.74. The number of aliphatic hydroxyl groups excluding tert-OH is 1. The molecule has 0 spiro atoms. The Morgan fingerprint density at radius 2 is 1.81 bits per heavy atom. The van der Waals surface area contributed by atoms with Gasteiger partial charge in [0.1, 0.15) is 16.9 Å². The van der Waals surface area contributed by atoms with E-state index in [1.807, 2.05) is 6.07 Å². The lowest BCUT2D eigenvalue weighted by molar-refractivity contribution is -0.131. The van der Waals surface area contributed by atoms with Gasteiger partial charge in [-0.2, -0.15) is 0 Å². The van der Waals surface area contributed by atoms with E-state index in [-0.39, 0.29) is 17.1 Å². The van der Waals surface area contributed by atoms with Crippen LogP contribution < -0.4 is 4.74 Å². The highest BCUT2D eigenvalue weighted by Crippen LogP contribution is 2.24. The van der Waals surface area contributed by atoms with Crippen molar-refractivity contribution in [3.8, 4) is 5.75 Å². The van der Waals surface area contributed by atoms with E-state index in [0.29, 0.717) is 16.1 Å². The normalized spacial score (nSPS) is 11.6. The number of nitrogens with zero attached hydrogens (tertiary/aromatic N) is 1. The lowest BCUT2D eigenvalue weighted by Gasteiger charge is -2.11. The average molecular weight is 365 g/mol. The summed E-state index contributed by atoms with van der Waals surface area (Å²) in [4.78, 5) is 28.6. The summed E-state index contributed by atoms with van der Waals surface area (Å²) in [7, 11) is 0. The van der Waals surface area contributed by atoms with E-state index >= 15 is 0 Å². The number of ketones is 1. The molecule has 1 unspecified atom stereocenters. The summed E-state index contributed by atoms with van der Waals surface area (Å²) in [6, 6.07) is 15.1. The minimum Gasteiger partial charge on any atom is -0.423 e. The zero-order valence-corrected chi connectivity index (χ0v) is 14.5. The van der Waals surface area contributed by atoms with Crippen LogP contribution in [0.25, 0.3) is 0 Å². The minimum atomic E-state index is -1.23. The first kappa shape index (κ1) is 17.7. The smallest absolute Gasteiger partial charge is 0.341 e. The molecule has 130 valence electrons. The van der Waals surface area contributed by atoms with E-state index < -0.39 is 12.1 Å². The molecule has 3 rings (SSSR count). The number of ether oxygens (including phenoxy) is 1. The molecular weight excluding hydrogens is 350 g/mol. The number of benzene rings is 2. The molecule has 5 nitrogen and oxygen atoms in total. The number of aliphatic hydroxyl groups is 1. The maximum Gasteiger partial charge on any atom is 0.341 e. The first-order valence-corrected chi connectivity index (χ1v) is 8.62. The maximum absolute atomic E-state index is 12.5. The Kier molecular flexibility index (Phi) is 5.36. The van der Waals surface area contributed by atoms with Crippen molar-refractivity contribution in [3.05, 3.63) is 94.5 Å². The number of rotatable bonds is 6. The van der Waals surface area contributed by atoms with Crippen LogP contribution in [0.2, 0.25) is 0 Å². The molecule has 0 aliphatic carbocycles. The highest BCUT2D eigenvalue weighted by Gasteiger charge is 2.22. The number of thiazole rings is 1. The van der Waals surface area contributed by atoms with Gasteiger partial charge in [-0.3, -0.25) is 4.79 Å². The van der Waals surface area contributed by atoms with Crippen LogP contribution in [0.1, 0.15) is 27.0 Å². The van der Waals surface area contributed by atoms with Crippen molar-refractivity contribution in [2.75, 3.05) is 0 Å². The van der Waals surface area contributed by atoms with E-state index in [1.54, 1.807) is 47.8 Å². The maximum atomic E-state index is 12.5. The van der Waals surface area contributed by atoms with Gasteiger partial charge in [0.2, 0.25) is 0 Å². The Labute approximate surface area is 154 Å². The van der Waals surface area contributed by atoms with Crippen LogP contribution in [0, 0.1) is 0 Å². The molecular formula is C20H15NO4S. The van der Waals surface area contributed by atoms with Crippen molar-refractivity contribution in [1.29, 1.82) is 0 Å². The van der Waals surface area contributed by atoms with Gasteiger partial charge in [0.15, 0.2) is 5.78 Å². The second-order valence-electron chi connectivity index (χ2n) is 5.41. The van der Waals surface area contributed by atoms with E-state index in [9.17, 15) is 14.7 Å². The first-order chi connectivity index (χ1) is 12.6. The lowest BCUT2D eigenvalue weighted by atomic mass is 10.0. The molecule has 0 saturated carbocycles. The zero-order chi connectivity index (χ0) is 18.5. The van der Waals surface area contributed by atoms with Crippen molar-refractivity contribution in [2.45, 2.75) is 6.10 Å². The largest absolute Gasteiger partial charge is 0.423 e. The van der Waals surface area contributed by atoms with Crippen molar-refractivity contribution < 1.29 is 19.4 Å². The molecule has 1 heterocycles. The molecule has 1 atom stereocenters. The van der Waals surface area contributed by atoms with Gasteiger partial charge < -0.3 is 9.84 Å². The Balaban J connectivity index is 1.73. The summed E-state index contributed by atoms with van der Waals surface area (Å²) < 4.78 is 5.25. The summed E-state index contributed by atoms with van der Waals surface area (Å²) in [6.07, 6.45) is 0.303. The third-order valence-corrected chi connectivity index (χ3v) is 4.45. The van der Waals surface area contributed by atoms with Gasteiger partial charge in [0.25, 0.3) is 0 Å². The number of carbonyl (C=O) groups excluding carboxylic acids is 2. The molecule has 1 aromatic heterocycles. The van der Waals surface area contributed by atoms with Gasteiger partial charge in [0, 0.05) is 22.7 Å². The van der Waals surface area contributed by atoms with Gasteiger partial charge in [-0.25, -0.2) is 9.78 Å². The third kappa shape index (κ3) is 3.93. The number of hydrogen-bond donors (Lipinski definition) is 1. The molecule has 26 heavy (non-hydrogen) atoms. The molecule has 0 fully saturated rings. The number of hydrogen-bond acceptors (Lipinski definition) is 6. The number of carbonyl (C=O) groups is 2. The Bertz CT molecular complexity index is 935. The topological polar surface area (TPSA) is 76.5 Å². The Hall–Kier alpha value is -3.09. The molecule has 0 radical (unpaired) electrons. The summed E-state index contributed by atoms with van der Waals surface area (Å²) in [6.45, 7) is 3.59. The van der Waals surface area contributed by atoms with Crippen molar-refractivity contribution >= 4 is 23.1 Å². The van der Waals surface area contributed by atoms with Crippen LogP contribution in [0.5, 0.6) is 5.75 Å². The van der Waals surface area contributed by atoms with Crippen molar-refractivity contribution in [2.24, 2.45) is 0 Å². The Morgan fingerprint density at radius 3 is 2.50 bits per heavy atom. The lowest BCUT2D eigenvalue weighted by Crippen LogP contribution is -2.16. The van der Waals surface area contributed by atoms with Gasteiger partial charge >= 0.3 is 5.97 Å². The average Bonchev–Trinajstić information content (AvgIpc) is 3.22. The number of esters is 1. The van der Waals surface area contributed by atoms with Gasteiger partial charge in [0.05, 0.1) is 5.57 Å². The fourth-order valence-electron chi connectivity index (χ4n) is 2.26. The minimum absolute atomic E-state index is 0.125. The Morgan fingerprint density at radius 1 is 1.08 bits per heavy atom. The monoisotopic (exact) mass is 365 g/mol. The summed E-state index contributed by atoms with van der Waals surface area (Å²) in [5.74, 6) is -0.758. The molecule has 0 bridgehead atoms. The fourth-order valence-corrected chi connectivity index (χ4v) is 2.91. The second kappa shape index (κ2) is 7.86. The standard InChI is InChI=1S/C20H15NO4S/c1-13(17(22)19-21-10-11-26-19)20(24)25-16-9-5-8-15(12-16)18(23)14-6-3-2-4-7-14/h2-12,17,22H,1H2. The van der Waals surface area contributed by atoms with E-state index in [1.165, 1.54) is 23.6 Å². The number of aromatic nitrogens is 1. The highest BCUT2D eigenvalue weighted by molar-refractivity contribution is 7.09. The third-order valence-electron chi connectivity index (χ3n) is 3.62. The van der Waals surface area contributed by atoms with Crippen LogP contribution in [0.3, 0.4) is 0 Å². The van der Waals surface area contributed by atoms with Gasteiger partial charge in [-0.05, 0) is 12.1 Å². The predicted molar refractivity (Wildman–Crippen MR) is 98.2 cm³/mol. The zero-order valence-electron chi connectivity index (χ0n) is 13.7. The molecule has 0 aliphatic rings. The van der Waals surface area contributed by atoms with Crippen LogP contribution in [-0.2, 0) is 4.79 Å². The fraction of sp³-hybridized carbons (Fsp3) is 0.0500. The second-order valence-corrected chi connectivity index (χ2v) is 6.34. The van der Waals surface area contributed by atoms with E-state index in [4.69, 9.17) is 4.74 Å². The molecule has 0 saturated heterocycles. The highest BCUT2D eigenvalue weighted by atomic mass is 32.1. The van der Waals surface area contributed by atoms with Crippen LogP contribution >= 0.6 is 11.3 Å². The summed E-state index contributed by atoms with van der Waals surface area (Å²) in [5, 5.41) is 12.2. The van der Waals surface area contributed by atoms with Gasteiger partial charge in [-0.1, -0.05) is 49.0 Å². The molecule has 2 aromatic carbocycles. The summed E-state index contributed by atoms with van der Waals surface area (Å²) in [5.41, 5.74) is 0.812. The van der Waals surface area contributed by atoms with E-state index in [0.717, 1.165) is 0 Å². The van der Waals surface area contributed by atoms with E-state index in [2.05, 4.69) is 11.6 Å². The summed E-state index contributed by atoms with van der Waals surface area (Å²) >= 11 is 1.21. The van der Waals surface area contributed by atoms with Crippen LogP contribution in [0.4, 0.5) is 0 Å². The molecule has 3 aromatic rings. The van der Waals surface area contributed by atoms with Crippen molar-refractivity contribution in [1.82, 2.24) is 4.98 Å². The molecule has 0 aliphatic heterocycles. The molecule has 1 N–H and O–H groups in total. The predicted octanol–water partition coefficient (Wildman–Crippen LogP) is 3.57. The van der Waals surface area contributed by atoms with Crippen LogP contribution in [-0.4, -0.2) is 21.8 Å². The quantitative estimate of drug-likeness (QED) is 0.313. The van der Waals surface area contributed by atoms with Crippen LogP contribution in [0.15, 0.2) is 78.3 Å².